The van der Waals surface area contributed by atoms with Gasteiger partial charge in [0.2, 0.25) is 0 Å². The van der Waals surface area contributed by atoms with Crippen molar-refractivity contribution in [3.8, 4) is 0 Å². The Hall–Kier alpha value is 0.137. The molecule has 0 radical (unpaired) electrons. The van der Waals surface area contributed by atoms with Crippen LogP contribution in [0.25, 0.3) is 0 Å². The van der Waals surface area contributed by atoms with Gasteiger partial charge in [-0.3, -0.25) is 0 Å². The van der Waals surface area contributed by atoms with E-state index in [1.165, 1.54) is 50.2 Å². The van der Waals surface area contributed by atoms with E-state index in [-0.39, 0.29) is 6.10 Å². The molecular formula is C18H36O2Si. The predicted octanol–water partition coefficient (Wildman–Crippen LogP) is 4.97. The Kier molecular flexibility index (Phi) is 5.59. The highest BCUT2D eigenvalue weighted by Crippen LogP contribution is 2.57. The second-order valence-electron chi connectivity index (χ2n) is 7.83. The molecule has 2 nitrogen and oxygen atoms in total. The maximum Gasteiger partial charge on any atom is 0.192 e. The van der Waals surface area contributed by atoms with Crippen LogP contribution in [0.3, 0.4) is 0 Å². The van der Waals surface area contributed by atoms with Gasteiger partial charge in [0.05, 0.1) is 6.10 Å². The smallest absolute Gasteiger partial charge is 0.192 e. The second kappa shape index (κ2) is 6.72. The van der Waals surface area contributed by atoms with Gasteiger partial charge in [0.25, 0.3) is 0 Å². The van der Waals surface area contributed by atoms with Gasteiger partial charge in [-0.2, -0.15) is 0 Å². The zero-order valence-electron chi connectivity index (χ0n) is 14.8. The maximum atomic E-state index is 10.2. The van der Waals surface area contributed by atoms with Gasteiger partial charge in [0, 0.05) is 6.10 Å². The molecule has 2 fully saturated rings. The summed E-state index contributed by atoms with van der Waals surface area (Å²) in [4.78, 5) is 0. The van der Waals surface area contributed by atoms with E-state index in [0.717, 1.165) is 0 Å². The lowest BCUT2D eigenvalue weighted by Gasteiger charge is -2.48. The van der Waals surface area contributed by atoms with E-state index in [2.05, 4.69) is 27.7 Å². The van der Waals surface area contributed by atoms with Gasteiger partial charge in [0.1, 0.15) is 0 Å². The molecule has 0 amide bonds. The molecule has 2 aliphatic carbocycles. The Morgan fingerprint density at radius 1 is 1.14 bits per heavy atom. The molecule has 0 heterocycles. The third kappa shape index (κ3) is 3.11. The Labute approximate surface area is 132 Å². The van der Waals surface area contributed by atoms with Crippen LogP contribution in [0.1, 0.15) is 66.7 Å². The number of hydrogen-bond donors (Lipinski definition) is 1. The van der Waals surface area contributed by atoms with E-state index in [4.69, 9.17) is 4.43 Å². The number of aliphatic hydroxyl groups is 1. The number of hydrogen-bond acceptors (Lipinski definition) is 2. The molecule has 2 rings (SSSR count). The van der Waals surface area contributed by atoms with Crippen LogP contribution in [0.2, 0.25) is 18.1 Å². The molecule has 2 saturated carbocycles. The summed E-state index contributed by atoms with van der Waals surface area (Å²) < 4.78 is 6.89. The molecule has 0 spiro atoms. The van der Waals surface area contributed by atoms with Crippen LogP contribution in [0.15, 0.2) is 0 Å². The summed E-state index contributed by atoms with van der Waals surface area (Å²) in [6.45, 7) is 11.4. The van der Waals surface area contributed by atoms with Crippen LogP contribution in [-0.4, -0.2) is 25.6 Å². The third-order valence-electron chi connectivity index (χ3n) is 7.05. The second-order valence-corrected chi connectivity index (χ2v) is 12.6. The van der Waals surface area contributed by atoms with Crippen LogP contribution < -0.4 is 0 Å². The SMILES string of the molecule is CC[Si](CC)(CC)OC1CCC[C@]2(C)[C@@H]([C@@H](C)O)CC[C@@H]12. The first kappa shape index (κ1) is 17.5. The lowest BCUT2D eigenvalue weighted by molar-refractivity contribution is -0.0377. The number of fused-ring (bicyclic) bond motifs is 1. The van der Waals surface area contributed by atoms with Crippen molar-refractivity contribution in [2.75, 3.05) is 0 Å². The van der Waals surface area contributed by atoms with Crippen LogP contribution in [0.4, 0.5) is 0 Å². The standard InChI is InChI=1S/C18H36O2Si/c1-6-21(7-2,8-3)20-17-10-9-13-18(5)15(14(4)19)11-12-16(17)18/h14-17,19H,6-13H2,1-5H3/t14-,15-,16+,17?,18-/m1/s1. The first-order valence-corrected chi connectivity index (χ1v) is 11.8. The average molecular weight is 313 g/mol. The van der Waals surface area contributed by atoms with Crippen molar-refractivity contribution < 1.29 is 9.53 Å². The van der Waals surface area contributed by atoms with Crippen molar-refractivity contribution in [1.29, 1.82) is 0 Å². The average Bonchev–Trinajstić information content (AvgIpc) is 2.83. The number of rotatable bonds is 6. The summed E-state index contributed by atoms with van der Waals surface area (Å²) in [7, 11) is -1.51. The molecular weight excluding hydrogens is 276 g/mol. The van der Waals surface area contributed by atoms with Gasteiger partial charge in [-0.25, -0.2) is 0 Å². The molecule has 124 valence electrons. The normalized spacial score (nSPS) is 38.3. The maximum absolute atomic E-state index is 10.2. The molecule has 0 aromatic rings. The molecule has 1 N–H and O–H groups in total. The summed E-state index contributed by atoms with van der Waals surface area (Å²) >= 11 is 0. The molecule has 21 heavy (non-hydrogen) atoms. The van der Waals surface area contributed by atoms with Crippen molar-refractivity contribution in [3.05, 3.63) is 0 Å². The molecule has 0 bridgehead atoms. The predicted molar refractivity (Wildman–Crippen MR) is 91.9 cm³/mol. The third-order valence-corrected chi connectivity index (χ3v) is 11.7. The highest BCUT2D eigenvalue weighted by Gasteiger charge is 2.53. The molecule has 0 aliphatic heterocycles. The minimum atomic E-state index is -1.51. The Balaban J connectivity index is 2.16. The molecule has 3 heteroatoms. The summed E-state index contributed by atoms with van der Waals surface area (Å²) in [5.41, 5.74) is 0.312. The first-order chi connectivity index (χ1) is 9.92. The minimum absolute atomic E-state index is 0.163. The fraction of sp³-hybridized carbons (Fsp3) is 1.00. The largest absolute Gasteiger partial charge is 0.414 e. The lowest BCUT2D eigenvalue weighted by Crippen LogP contribution is -2.49. The molecule has 2 aliphatic rings. The zero-order chi connectivity index (χ0) is 15.7. The van der Waals surface area contributed by atoms with Crippen LogP contribution in [-0.2, 0) is 4.43 Å². The number of aliphatic hydroxyl groups excluding tert-OH is 1. The summed E-state index contributed by atoms with van der Waals surface area (Å²) in [6.07, 6.45) is 6.58. The van der Waals surface area contributed by atoms with E-state index >= 15 is 0 Å². The quantitative estimate of drug-likeness (QED) is 0.701. The molecule has 0 aromatic heterocycles. The monoisotopic (exact) mass is 312 g/mol. The highest BCUT2D eigenvalue weighted by molar-refractivity contribution is 6.73. The molecule has 1 unspecified atom stereocenters. The van der Waals surface area contributed by atoms with Gasteiger partial charge in [-0.05, 0) is 68.0 Å². The topological polar surface area (TPSA) is 29.5 Å². The van der Waals surface area contributed by atoms with Gasteiger partial charge < -0.3 is 9.53 Å². The molecule has 0 saturated heterocycles. The van der Waals surface area contributed by atoms with E-state index in [1.54, 1.807) is 0 Å². The van der Waals surface area contributed by atoms with Gasteiger partial charge >= 0.3 is 0 Å². The Morgan fingerprint density at radius 2 is 1.76 bits per heavy atom. The van der Waals surface area contributed by atoms with Gasteiger partial charge in [0.15, 0.2) is 8.32 Å². The summed E-state index contributed by atoms with van der Waals surface area (Å²) in [5, 5.41) is 10.2. The van der Waals surface area contributed by atoms with Crippen molar-refractivity contribution in [1.82, 2.24) is 0 Å². The minimum Gasteiger partial charge on any atom is -0.414 e. The van der Waals surface area contributed by atoms with E-state index in [0.29, 0.717) is 23.4 Å². The highest BCUT2D eigenvalue weighted by atomic mass is 28.4. The van der Waals surface area contributed by atoms with Crippen LogP contribution >= 0.6 is 0 Å². The van der Waals surface area contributed by atoms with Gasteiger partial charge in [-0.1, -0.05) is 34.1 Å². The summed E-state index contributed by atoms with van der Waals surface area (Å²) in [6, 6.07) is 3.75. The summed E-state index contributed by atoms with van der Waals surface area (Å²) in [5.74, 6) is 1.16. The van der Waals surface area contributed by atoms with Crippen molar-refractivity contribution in [2.45, 2.75) is 97.1 Å². The van der Waals surface area contributed by atoms with Crippen molar-refractivity contribution >= 4 is 8.32 Å². The Bertz CT molecular complexity index is 332. The zero-order valence-corrected chi connectivity index (χ0v) is 15.8. The van der Waals surface area contributed by atoms with Crippen LogP contribution in [0, 0.1) is 17.3 Å². The van der Waals surface area contributed by atoms with E-state index < -0.39 is 8.32 Å². The fourth-order valence-electron chi connectivity index (χ4n) is 5.41. The van der Waals surface area contributed by atoms with Gasteiger partial charge in [-0.15, -0.1) is 0 Å². The van der Waals surface area contributed by atoms with E-state index in [1.807, 2.05) is 6.92 Å². The Morgan fingerprint density at radius 3 is 2.29 bits per heavy atom. The van der Waals surface area contributed by atoms with E-state index in [9.17, 15) is 5.11 Å². The van der Waals surface area contributed by atoms with Crippen molar-refractivity contribution in [3.63, 3.8) is 0 Å². The van der Waals surface area contributed by atoms with Crippen molar-refractivity contribution in [2.24, 2.45) is 17.3 Å². The molecule has 0 aromatic carbocycles. The lowest BCUT2D eigenvalue weighted by atomic mass is 9.63. The van der Waals surface area contributed by atoms with Crippen LogP contribution in [0.5, 0.6) is 0 Å². The fourth-order valence-corrected chi connectivity index (χ4v) is 8.34. The first-order valence-electron chi connectivity index (χ1n) is 9.28. The molecule has 5 atom stereocenters.